The van der Waals surface area contributed by atoms with Gasteiger partial charge < -0.3 is 10.0 Å². The van der Waals surface area contributed by atoms with E-state index in [1.54, 1.807) is 0 Å². The highest BCUT2D eigenvalue weighted by atomic mass is 19.1. The molecule has 22 heavy (non-hydrogen) atoms. The monoisotopic (exact) mass is 305 g/mol. The van der Waals surface area contributed by atoms with E-state index in [-0.39, 0.29) is 12.1 Å². The number of halogens is 2. The Bertz CT molecular complexity index is 686. The summed E-state index contributed by atoms with van der Waals surface area (Å²) in [6.07, 6.45) is 0. The van der Waals surface area contributed by atoms with Gasteiger partial charge >= 0.3 is 5.97 Å². The van der Waals surface area contributed by atoms with Crippen molar-refractivity contribution >= 4 is 11.9 Å². The van der Waals surface area contributed by atoms with E-state index in [9.17, 15) is 18.4 Å². The highest BCUT2D eigenvalue weighted by Gasteiger charge is 2.21. The first-order chi connectivity index (χ1) is 10.5. The first-order valence-corrected chi connectivity index (χ1v) is 6.47. The maximum absolute atomic E-state index is 13.7. The molecule has 6 heteroatoms. The Morgan fingerprint density at radius 1 is 1.00 bits per heavy atom. The van der Waals surface area contributed by atoms with Crippen molar-refractivity contribution in [1.29, 1.82) is 0 Å². The quantitative estimate of drug-likeness (QED) is 0.924. The van der Waals surface area contributed by atoms with Crippen LogP contribution in [-0.4, -0.2) is 28.4 Å². The SMILES string of the molecule is O=C(O)CN(Cc1ccc(F)cc1)C(=O)c1ccccc1F. The molecule has 1 amide bonds. The Morgan fingerprint density at radius 2 is 1.64 bits per heavy atom. The summed E-state index contributed by atoms with van der Waals surface area (Å²) in [6.45, 7) is -0.635. The molecule has 0 saturated heterocycles. The topological polar surface area (TPSA) is 57.6 Å². The molecular formula is C16H13F2NO3. The van der Waals surface area contributed by atoms with Gasteiger partial charge in [0.2, 0.25) is 0 Å². The van der Waals surface area contributed by atoms with Crippen molar-refractivity contribution in [2.75, 3.05) is 6.54 Å². The van der Waals surface area contributed by atoms with Crippen LogP contribution in [0, 0.1) is 11.6 Å². The van der Waals surface area contributed by atoms with Gasteiger partial charge in [-0.1, -0.05) is 24.3 Å². The fourth-order valence-electron chi connectivity index (χ4n) is 1.98. The third-order valence-electron chi connectivity index (χ3n) is 3.00. The Labute approximate surface area is 125 Å². The van der Waals surface area contributed by atoms with Crippen LogP contribution < -0.4 is 0 Å². The van der Waals surface area contributed by atoms with E-state index in [0.717, 1.165) is 11.0 Å². The van der Waals surface area contributed by atoms with E-state index in [4.69, 9.17) is 5.11 Å². The van der Waals surface area contributed by atoms with Gasteiger partial charge in [0.25, 0.3) is 5.91 Å². The molecule has 0 fully saturated rings. The summed E-state index contributed by atoms with van der Waals surface area (Å²) in [6, 6.07) is 10.7. The molecule has 0 aromatic heterocycles. The van der Waals surface area contributed by atoms with Gasteiger partial charge in [-0.2, -0.15) is 0 Å². The molecule has 0 aliphatic rings. The molecule has 4 nitrogen and oxygen atoms in total. The predicted octanol–water partition coefficient (Wildman–Crippen LogP) is 2.69. The van der Waals surface area contributed by atoms with E-state index < -0.39 is 30.1 Å². The highest BCUT2D eigenvalue weighted by Crippen LogP contribution is 2.13. The average molecular weight is 305 g/mol. The van der Waals surface area contributed by atoms with Crippen LogP contribution in [0.25, 0.3) is 0 Å². The number of benzene rings is 2. The van der Waals surface area contributed by atoms with E-state index >= 15 is 0 Å². The number of carbonyl (C=O) groups is 2. The van der Waals surface area contributed by atoms with Crippen molar-refractivity contribution in [2.24, 2.45) is 0 Å². The first kappa shape index (κ1) is 15.6. The number of amides is 1. The van der Waals surface area contributed by atoms with Crippen LogP contribution in [0.1, 0.15) is 15.9 Å². The van der Waals surface area contributed by atoms with Crippen molar-refractivity contribution < 1.29 is 23.5 Å². The molecule has 0 heterocycles. The standard InChI is InChI=1S/C16H13F2NO3/c17-12-7-5-11(6-8-12)9-19(10-15(20)21)16(22)13-3-1-2-4-14(13)18/h1-8H,9-10H2,(H,20,21). The van der Waals surface area contributed by atoms with Crippen LogP contribution in [-0.2, 0) is 11.3 Å². The first-order valence-electron chi connectivity index (χ1n) is 6.47. The van der Waals surface area contributed by atoms with Crippen molar-refractivity contribution in [1.82, 2.24) is 4.90 Å². The van der Waals surface area contributed by atoms with Gasteiger partial charge in [0.1, 0.15) is 18.2 Å². The normalized spacial score (nSPS) is 10.3. The molecule has 0 radical (unpaired) electrons. The van der Waals surface area contributed by atoms with Crippen LogP contribution >= 0.6 is 0 Å². The number of aliphatic carboxylic acids is 1. The minimum atomic E-state index is -1.22. The molecule has 114 valence electrons. The summed E-state index contributed by atoms with van der Waals surface area (Å²) in [5.41, 5.74) is 0.346. The van der Waals surface area contributed by atoms with Gasteiger partial charge in [-0.15, -0.1) is 0 Å². The summed E-state index contributed by atoms with van der Waals surface area (Å²) in [5, 5.41) is 8.92. The molecule has 0 aliphatic heterocycles. The summed E-state index contributed by atoms with van der Waals surface area (Å²) in [5.74, 6) is -3.10. The van der Waals surface area contributed by atoms with Crippen LogP contribution in [0.3, 0.4) is 0 Å². The number of hydrogen-bond donors (Lipinski definition) is 1. The molecule has 2 aromatic carbocycles. The van der Waals surface area contributed by atoms with Gasteiger partial charge in [-0.25, -0.2) is 8.78 Å². The van der Waals surface area contributed by atoms with Gasteiger partial charge in [-0.05, 0) is 29.8 Å². The maximum Gasteiger partial charge on any atom is 0.323 e. The minimum Gasteiger partial charge on any atom is -0.480 e. The summed E-state index contributed by atoms with van der Waals surface area (Å²) < 4.78 is 26.6. The second-order valence-electron chi connectivity index (χ2n) is 4.66. The third-order valence-corrected chi connectivity index (χ3v) is 3.00. The second-order valence-corrected chi connectivity index (χ2v) is 4.66. The smallest absolute Gasteiger partial charge is 0.323 e. The van der Waals surface area contributed by atoms with Crippen LogP contribution in [0.2, 0.25) is 0 Å². The zero-order valence-corrected chi connectivity index (χ0v) is 11.5. The lowest BCUT2D eigenvalue weighted by molar-refractivity contribution is -0.137. The van der Waals surface area contributed by atoms with Crippen LogP contribution in [0.5, 0.6) is 0 Å². The van der Waals surface area contributed by atoms with Crippen molar-refractivity contribution in [3.63, 3.8) is 0 Å². The zero-order valence-electron chi connectivity index (χ0n) is 11.5. The molecule has 0 unspecified atom stereocenters. The minimum absolute atomic E-state index is 0.0558. The number of rotatable bonds is 5. The summed E-state index contributed by atoms with van der Waals surface area (Å²) >= 11 is 0. The van der Waals surface area contributed by atoms with E-state index in [2.05, 4.69) is 0 Å². The molecule has 0 spiro atoms. The molecule has 0 bridgehead atoms. The largest absolute Gasteiger partial charge is 0.480 e. The lowest BCUT2D eigenvalue weighted by Crippen LogP contribution is -2.35. The molecule has 2 rings (SSSR count). The average Bonchev–Trinajstić information content (AvgIpc) is 2.48. The fourth-order valence-corrected chi connectivity index (χ4v) is 1.98. The number of carboxylic acid groups (broad SMARTS) is 1. The van der Waals surface area contributed by atoms with Gasteiger partial charge in [0.15, 0.2) is 0 Å². The van der Waals surface area contributed by atoms with E-state index in [0.29, 0.717) is 5.56 Å². The number of carbonyl (C=O) groups excluding carboxylic acids is 1. The van der Waals surface area contributed by atoms with Gasteiger partial charge in [0.05, 0.1) is 5.56 Å². The summed E-state index contributed by atoms with van der Waals surface area (Å²) in [4.78, 5) is 24.2. The lowest BCUT2D eigenvalue weighted by Gasteiger charge is -2.21. The zero-order chi connectivity index (χ0) is 16.1. The van der Waals surface area contributed by atoms with E-state index in [1.165, 1.54) is 42.5 Å². The Balaban J connectivity index is 2.25. The van der Waals surface area contributed by atoms with E-state index in [1.807, 2.05) is 0 Å². The van der Waals surface area contributed by atoms with Crippen LogP contribution in [0.4, 0.5) is 8.78 Å². The second kappa shape index (κ2) is 6.80. The molecule has 2 aromatic rings. The molecular weight excluding hydrogens is 292 g/mol. The summed E-state index contributed by atoms with van der Waals surface area (Å²) in [7, 11) is 0. The maximum atomic E-state index is 13.7. The fraction of sp³-hybridized carbons (Fsp3) is 0.125. The van der Waals surface area contributed by atoms with Crippen molar-refractivity contribution in [2.45, 2.75) is 6.54 Å². The predicted molar refractivity (Wildman–Crippen MR) is 75.2 cm³/mol. The molecule has 0 aliphatic carbocycles. The van der Waals surface area contributed by atoms with Crippen molar-refractivity contribution in [3.05, 3.63) is 71.3 Å². The van der Waals surface area contributed by atoms with Gasteiger partial charge in [-0.3, -0.25) is 9.59 Å². The highest BCUT2D eigenvalue weighted by molar-refractivity contribution is 5.96. The number of nitrogens with zero attached hydrogens (tertiary/aromatic N) is 1. The Hall–Kier alpha value is -2.76. The lowest BCUT2D eigenvalue weighted by atomic mass is 10.1. The number of carboxylic acids is 1. The van der Waals surface area contributed by atoms with Crippen molar-refractivity contribution in [3.8, 4) is 0 Å². The molecule has 0 saturated carbocycles. The van der Waals surface area contributed by atoms with Crippen LogP contribution in [0.15, 0.2) is 48.5 Å². The van der Waals surface area contributed by atoms with Gasteiger partial charge in [0, 0.05) is 6.54 Å². The third kappa shape index (κ3) is 3.88. The molecule has 0 atom stereocenters. The Kier molecular flexibility index (Phi) is 4.83. The number of hydrogen-bond acceptors (Lipinski definition) is 2. The molecule has 1 N–H and O–H groups in total. The Morgan fingerprint density at radius 3 is 2.23 bits per heavy atom.